The summed E-state index contributed by atoms with van der Waals surface area (Å²) in [6.45, 7) is 0.431. The molecule has 0 spiro atoms. The number of rotatable bonds is 4. The molecule has 1 N–H and O–H groups in total. The first kappa shape index (κ1) is 14.4. The zero-order valence-electron chi connectivity index (χ0n) is 10.8. The first-order chi connectivity index (χ1) is 9.65. The van der Waals surface area contributed by atoms with Crippen LogP contribution in [0.4, 0.5) is 10.1 Å². The van der Waals surface area contributed by atoms with Crippen molar-refractivity contribution >= 4 is 21.6 Å². The summed E-state index contributed by atoms with van der Waals surface area (Å²) in [5, 5.41) is 12.0. The molecule has 2 aromatic rings. The zero-order chi connectivity index (χ0) is 14.5. The van der Waals surface area contributed by atoms with Gasteiger partial charge in [0, 0.05) is 16.6 Å². The molecule has 0 aliphatic carbocycles. The lowest BCUT2D eigenvalue weighted by Gasteiger charge is -2.12. The molecule has 5 heteroatoms. The average molecular weight is 335 g/mol. The topological polar surface area (TPSA) is 45.0 Å². The Kier molecular flexibility index (Phi) is 4.59. The van der Waals surface area contributed by atoms with Crippen molar-refractivity contribution in [1.29, 1.82) is 5.26 Å². The van der Waals surface area contributed by atoms with Gasteiger partial charge in [0.15, 0.2) is 0 Å². The van der Waals surface area contributed by atoms with Crippen LogP contribution in [0.25, 0.3) is 0 Å². The summed E-state index contributed by atoms with van der Waals surface area (Å²) in [6, 6.07) is 12.0. The number of halogens is 2. The van der Waals surface area contributed by atoms with Gasteiger partial charge in [0.2, 0.25) is 0 Å². The molecule has 0 heterocycles. The lowest BCUT2D eigenvalue weighted by molar-refractivity contribution is 0.410. The van der Waals surface area contributed by atoms with Gasteiger partial charge in [-0.25, -0.2) is 4.39 Å². The minimum Gasteiger partial charge on any atom is -0.496 e. The molecule has 0 bridgehead atoms. The molecule has 0 fully saturated rings. The second kappa shape index (κ2) is 6.40. The molecule has 0 aliphatic rings. The van der Waals surface area contributed by atoms with Crippen molar-refractivity contribution in [3.8, 4) is 11.8 Å². The first-order valence-electron chi connectivity index (χ1n) is 5.90. The van der Waals surface area contributed by atoms with Crippen molar-refractivity contribution in [3.05, 3.63) is 57.8 Å². The van der Waals surface area contributed by atoms with Gasteiger partial charge in [0.1, 0.15) is 23.2 Å². The number of anilines is 1. The van der Waals surface area contributed by atoms with Crippen LogP contribution in [0.2, 0.25) is 0 Å². The van der Waals surface area contributed by atoms with Crippen molar-refractivity contribution in [3.63, 3.8) is 0 Å². The fraction of sp³-hybridized carbons (Fsp3) is 0.133. The van der Waals surface area contributed by atoms with Gasteiger partial charge in [-0.3, -0.25) is 0 Å². The van der Waals surface area contributed by atoms with Crippen LogP contribution in [-0.2, 0) is 6.54 Å². The van der Waals surface area contributed by atoms with E-state index in [1.165, 1.54) is 6.07 Å². The van der Waals surface area contributed by atoms with E-state index in [0.29, 0.717) is 12.2 Å². The molecule has 0 saturated heterocycles. The van der Waals surface area contributed by atoms with Crippen LogP contribution in [0.3, 0.4) is 0 Å². The summed E-state index contributed by atoms with van der Waals surface area (Å²) in [5.74, 6) is 0.203. The number of methoxy groups -OCH3 is 1. The predicted octanol–water partition coefficient (Wildman–Crippen LogP) is 4.08. The van der Waals surface area contributed by atoms with Crippen molar-refractivity contribution in [2.45, 2.75) is 6.54 Å². The largest absolute Gasteiger partial charge is 0.496 e. The second-order valence-corrected chi connectivity index (χ2v) is 5.00. The molecule has 0 atom stereocenters. The van der Waals surface area contributed by atoms with E-state index >= 15 is 0 Å². The molecule has 0 aromatic heterocycles. The number of ether oxygens (including phenoxy) is 1. The molecule has 3 nitrogen and oxygen atoms in total. The molecule has 102 valence electrons. The van der Waals surface area contributed by atoms with Gasteiger partial charge >= 0.3 is 0 Å². The van der Waals surface area contributed by atoms with Gasteiger partial charge in [-0.1, -0.05) is 22.0 Å². The van der Waals surface area contributed by atoms with Crippen LogP contribution < -0.4 is 10.1 Å². The number of nitriles is 1. The Morgan fingerprint density at radius 3 is 2.85 bits per heavy atom. The van der Waals surface area contributed by atoms with Crippen molar-refractivity contribution in [1.82, 2.24) is 0 Å². The number of nitrogens with one attached hydrogen (secondary N) is 1. The minimum absolute atomic E-state index is 0.0152. The highest BCUT2D eigenvalue weighted by atomic mass is 79.9. The molecular formula is C15H12BrFN2O. The van der Waals surface area contributed by atoms with E-state index in [0.717, 1.165) is 15.8 Å². The minimum atomic E-state index is -0.529. The van der Waals surface area contributed by atoms with E-state index in [-0.39, 0.29) is 5.56 Å². The molecular weight excluding hydrogens is 323 g/mol. The van der Waals surface area contributed by atoms with Crippen LogP contribution in [0.5, 0.6) is 5.75 Å². The van der Waals surface area contributed by atoms with Crippen LogP contribution in [0.1, 0.15) is 11.1 Å². The lowest BCUT2D eigenvalue weighted by Crippen LogP contribution is -2.04. The molecule has 0 radical (unpaired) electrons. The Balaban J connectivity index is 2.24. The first-order valence-corrected chi connectivity index (χ1v) is 6.70. The van der Waals surface area contributed by atoms with Gasteiger partial charge < -0.3 is 10.1 Å². The number of hydrogen-bond donors (Lipinski definition) is 1. The van der Waals surface area contributed by atoms with Crippen molar-refractivity contribution < 1.29 is 9.13 Å². The Morgan fingerprint density at radius 1 is 1.35 bits per heavy atom. The van der Waals surface area contributed by atoms with Crippen molar-refractivity contribution in [2.75, 3.05) is 12.4 Å². The summed E-state index contributed by atoms with van der Waals surface area (Å²) in [4.78, 5) is 0. The molecule has 0 aliphatic heterocycles. The van der Waals surface area contributed by atoms with Crippen LogP contribution in [0.15, 0.2) is 40.9 Å². The maximum atomic E-state index is 13.5. The third-order valence-corrected chi connectivity index (χ3v) is 3.33. The summed E-state index contributed by atoms with van der Waals surface area (Å²) in [7, 11) is 1.59. The summed E-state index contributed by atoms with van der Waals surface area (Å²) in [6.07, 6.45) is 0. The highest BCUT2D eigenvalue weighted by molar-refractivity contribution is 9.10. The highest BCUT2D eigenvalue weighted by Gasteiger charge is 2.09. The van der Waals surface area contributed by atoms with Gasteiger partial charge in [0.05, 0.1) is 12.8 Å². The second-order valence-electron chi connectivity index (χ2n) is 4.08. The fourth-order valence-corrected chi connectivity index (χ4v) is 2.27. The van der Waals surface area contributed by atoms with E-state index in [9.17, 15) is 4.39 Å². The van der Waals surface area contributed by atoms with Gasteiger partial charge in [-0.05, 0) is 30.3 Å². The standard InChI is InChI=1S/C15H12BrFN2O/c1-20-15-6-5-11(16)7-10(15)9-19-14-4-2-3-13(17)12(14)8-18/h2-7,19H,9H2,1H3. The normalized spacial score (nSPS) is 9.90. The quantitative estimate of drug-likeness (QED) is 0.916. The van der Waals surface area contributed by atoms with E-state index in [2.05, 4.69) is 21.2 Å². The van der Waals surface area contributed by atoms with E-state index < -0.39 is 5.82 Å². The highest BCUT2D eigenvalue weighted by Crippen LogP contribution is 2.25. The SMILES string of the molecule is COc1ccc(Br)cc1CNc1cccc(F)c1C#N. The summed E-state index contributed by atoms with van der Waals surface area (Å²) in [5.41, 5.74) is 1.39. The van der Waals surface area contributed by atoms with Crippen LogP contribution in [0, 0.1) is 17.1 Å². The van der Waals surface area contributed by atoms with E-state index in [4.69, 9.17) is 10.00 Å². The number of benzene rings is 2. The van der Waals surface area contributed by atoms with Gasteiger partial charge in [0.25, 0.3) is 0 Å². The van der Waals surface area contributed by atoms with E-state index in [1.807, 2.05) is 24.3 Å². The zero-order valence-corrected chi connectivity index (χ0v) is 12.4. The molecule has 2 rings (SSSR count). The van der Waals surface area contributed by atoms with Crippen LogP contribution in [-0.4, -0.2) is 7.11 Å². The Bertz CT molecular complexity index is 667. The van der Waals surface area contributed by atoms with E-state index in [1.54, 1.807) is 19.2 Å². The molecule has 2 aromatic carbocycles. The fourth-order valence-electron chi connectivity index (χ4n) is 1.86. The summed E-state index contributed by atoms with van der Waals surface area (Å²) < 4.78 is 19.7. The third kappa shape index (κ3) is 3.09. The number of hydrogen-bond acceptors (Lipinski definition) is 3. The molecule has 0 amide bonds. The van der Waals surface area contributed by atoms with Crippen molar-refractivity contribution in [2.24, 2.45) is 0 Å². The monoisotopic (exact) mass is 334 g/mol. The summed E-state index contributed by atoms with van der Waals surface area (Å²) >= 11 is 3.40. The smallest absolute Gasteiger partial charge is 0.143 e. The Hall–Kier alpha value is -2.06. The van der Waals surface area contributed by atoms with Gasteiger partial charge in [-0.2, -0.15) is 5.26 Å². The molecule has 0 unspecified atom stereocenters. The van der Waals surface area contributed by atoms with Gasteiger partial charge in [-0.15, -0.1) is 0 Å². The average Bonchev–Trinajstić information content (AvgIpc) is 2.45. The lowest BCUT2D eigenvalue weighted by atomic mass is 10.1. The maximum absolute atomic E-state index is 13.5. The number of nitrogens with zero attached hydrogens (tertiary/aromatic N) is 1. The Morgan fingerprint density at radius 2 is 2.15 bits per heavy atom. The third-order valence-electron chi connectivity index (χ3n) is 2.84. The van der Waals surface area contributed by atoms with Crippen LogP contribution >= 0.6 is 15.9 Å². The molecule has 0 saturated carbocycles. The maximum Gasteiger partial charge on any atom is 0.143 e. The molecule has 20 heavy (non-hydrogen) atoms. The Labute approximate surface area is 125 Å². The predicted molar refractivity (Wildman–Crippen MR) is 79.1 cm³/mol.